The van der Waals surface area contributed by atoms with E-state index in [0.717, 1.165) is 32.1 Å². The second-order valence-electron chi connectivity index (χ2n) is 7.74. The lowest BCUT2D eigenvalue weighted by Gasteiger charge is -2.24. The van der Waals surface area contributed by atoms with E-state index >= 15 is 0 Å². The Balaban J connectivity index is 3.84. The molecule has 22 heavy (non-hydrogen) atoms. The van der Waals surface area contributed by atoms with Crippen LogP contribution in [0.15, 0.2) is 0 Å². The number of hydrogen-bond donors (Lipinski definition) is 2. The number of carbonyl (C=O) groups is 2. The first-order valence-corrected chi connectivity index (χ1v) is 8.03. The average Bonchev–Trinajstić information content (AvgIpc) is 2.34. The number of carboxylic acid groups (broad SMARTS) is 1. The molecule has 0 fully saturated rings. The zero-order valence-corrected chi connectivity index (χ0v) is 14.4. The molecule has 0 saturated carbocycles. The van der Waals surface area contributed by atoms with Crippen LogP contribution in [0.25, 0.3) is 0 Å². The number of rotatable bonds is 13. The van der Waals surface area contributed by atoms with Gasteiger partial charge in [0, 0.05) is 0 Å². The van der Waals surface area contributed by atoms with E-state index < -0.39 is 5.97 Å². The summed E-state index contributed by atoms with van der Waals surface area (Å²) in [4.78, 5) is 20.9. The molecule has 5 heteroatoms. The summed E-state index contributed by atoms with van der Waals surface area (Å²) in [5.41, 5.74) is -0.288. The standard InChI is InChI=1S/C17H32O5/c1-16(2,11-15(20)21)9-5-7-14(19)8-6-10-17(3,4)12-22-13-18/h13-14,19H,5-12H2,1-4H3,(H,20,21). The van der Waals surface area contributed by atoms with Crippen LogP contribution in [0.2, 0.25) is 0 Å². The molecule has 1 unspecified atom stereocenters. The van der Waals surface area contributed by atoms with E-state index in [9.17, 15) is 14.7 Å². The highest BCUT2D eigenvalue weighted by Gasteiger charge is 2.22. The number of hydrogen-bond acceptors (Lipinski definition) is 4. The third-order valence-electron chi connectivity index (χ3n) is 3.95. The molecule has 0 saturated heterocycles. The summed E-state index contributed by atoms with van der Waals surface area (Å²) >= 11 is 0. The Morgan fingerprint density at radius 3 is 2.05 bits per heavy atom. The zero-order valence-electron chi connectivity index (χ0n) is 14.4. The van der Waals surface area contributed by atoms with Crippen molar-refractivity contribution in [3.05, 3.63) is 0 Å². The molecule has 0 aliphatic carbocycles. The lowest BCUT2D eigenvalue weighted by molar-refractivity contribution is -0.139. The Hall–Kier alpha value is -1.10. The molecule has 0 aromatic heterocycles. The molecule has 0 amide bonds. The van der Waals surface area contributed by atoms with Crippen molar-refractivity contribution >= 4 is 12.4 Å². The highest BCUT2D eigenvalue weighted by atomic mass is 16.5. The first kappa shape index (κ1) is 20.9. The molecular weight excluding hydrogens is 284 g/mol. The minimum absolute atomic E-state index is 0.0654. The molecule has 0 bridgehead atoms. The zero-order chi connectivity index (χ0) is 17.2. The van der Waals surface area contributed by atoms with Crippen LogP contribution >= 0.6 is 0 Å². The van der Waals surface area contributed by atoms with Gasteiger partial charge in [0.05, 0.1) is 19.1 Å². The van der Waals surface area contributed by atoms with Crippen molar-refractivity contribution in [2.24, 2.45) is 10.8 Å². The van der Waals surface area contributed by atoms with Crippen molar-refractivity contribution in [3.63, 3.8) is 0 Å². The van der Waals surface area contributed by atoms with Crippen molar-refractivity contribution in [2.75, 3.05) is 6.61 Å². The maximum absolute atomic E-state index is 10.7. The molecule has 0 radical (unpaired) electrons. The molecule has 0 aromatic carbocycles. The van der Waals surface area contributed by atoms with E-state index in [1.54, 1.807) is 0 Å². The summed E-state index contributed by atoms with van der Waals surface area (Å²) in [7, 11) is 0. The van der Waals surface area contributed by atoms with Crippen LogP contribution in [0.3, 0.4) is 0 Å². The van der Waals surface area contributed by atoms with Crippen molar-refractivity contribution in [3.8, 4) is 0 Å². The monoisotopic (exact) mass is 316 g/mol. The van der Waals surface area contributed by atoms with Gasteiger partial charge in [-0.25, -0.2) is 0 Å². The van der Waals surface area contributed by atoms with Crippen LogP contribution in [-0.2, 0) is 14.3 Å². The van der Waals surface area contributed by atoms with Crippen molar-refractivity contribution in [2.45, 2.75) is 78.7 Å². The molecular formula is C17H32O5. The van der Waals surface area contributed by atoms with Gasteiger partial charge in [0.1, 0.15) is 0 Å². The summed E-state index contributed by atoms with van der Waals surface area (Å²) in [5, 5.41) is 18.8. The van der Waals surface area contributed by atoms with Crippen LogP contribution in [-0.4, -0.2) is 35.4 Å². The van der Waals surface area contributed by atoms with Gasteiger partial charge in [0.15, 0.2) is 0 Å². The third kappa shape index (κ3) is 11.5. The highest BCUT2D eigenvalue weighted by molar-refractivity contribution is 5.67. The summed E-state index contributed by atoms with van der Waals surface area (Å²) in [5.74, 6) is -0.773. The smallest absolute Gasteiger partial charge is 0.303 e. The van der Waals surface area contributed by atoms with Gasteiger partial charge in [0.25, 0.3) is 6.47 Å². The molecule has 5 nitrogen and oxygen atoms in total. The average molecular weight is 316 g/mol. The Labute approximate surface area is 134 Å². The number of aliphatic hydroxyl groups excluding tert-OH is 1. The van der Waals surface area contributed by atoms with Gasteiger partial charge in [-0.1, -0.05) is 40.5 Å². The van der Waals surface area contributed by atoms with Crippen LogP contribution in [0, 0.1) is 10.8 Å². The van der Waals surface area contributed by atoms with Gasteiger partial charge < -0.3 is 14.9 Å². The van der Waals surface area contributed by atoms with Gasteiger partial charge in [-0.15, -0.1) is 0 Å². The maximum atomic E-state index is 10.7. The van der Waals surface area contributed by atoms with E-state index in [2.05, 4.69) is 0 Å². The molecule has 130 valence electrons. The van der Waals surface area contributed by atoms with Crippen LogP contribution in [0.1, 0.15) is 72.6 Å². The summed E-state index contributed by atoms with van der Waals surface area (Å²) < 4.78 is 4.80. The Kier molecular flexibility index (Phi) is 9.33. The second kappa shape index (κ2) is 9.82. The first-order chi connectivity index (χ1) is 10.1. The second-order valence-corrected chi connectivity index (χ2v) is 7.74. The van der Waals surface area contributed by atoms with Gasteiger partial charge in [-0.2, -0.15) is 0 Å². The largest absolute Gasteiger partial charge is 0.481 e. The predicted molar refractivity (Wildman–Crippen MR) is 85.5 cm³/mol. The van der Waals surface area contributed by atoms with Gasteiger partial charge in [-0.05, 0) is 36.5 Å². The summed E-state index contributed by atoms with van der Waals surface area (Å²) in [6.07, 6.45) is 4.65. The fraction of sp³-hybridized carbons (Fsp3) is 0.882. The fourth-order valence-electron chi connectivity index (χ4n) is 2.61. The number of carboxylic acids is 1. The topological polar surface area (TPSA) is 83.8 Å². The fourth-order valence-corrected chi connectivity index (χ4v) is 2.61. The molecule has 0 heterocycles. The quantitative estimate of drug-likeness (QED) is 0.509. The van der Waals surface area contributed by atoms with Gasteiger partial charge >= 0.3 is 5.97 Å². The molecule has 1 atom stereocenters. The Morgan fingerprint density at radius 1 is 1.09 bits per heavy atom. The van der Waals surface area contributed by atoms with E-state index in [4.69, 9.17) is 9.84 Å². The third-order valence-corrected chi connectivity index (χ3v) is 3.95. The maximum Gasteiger partial charge on any atom is 0.303 e. The minimum atomic E-state index is -0.773. The van der Waals surface area contributed by atoms with E-state index in [-0.39, 0.29) is 23.4 Å². The Bertz CT molecular complexity index is 336. The van der Waals surface area contributed by atoms with Crippen LogP contribution in [0.4, 0.5) is 0 Å². The molecule has 2 N–H and O–H groups in total. The normalized spacial score (nSPS) is 13.7. The minimum Gasteiger partial charge on any atom is -0.481 e. The van der Waals surface area contributed by atoms with Gasteiger partial charge in [-0.3, -0.25) is 9.59 Å². The molecule has 0 spiro atoms. The first-order valence-electron chi connectivity index (χ1n) is 8.03. The molecule has 0 aliphatic heterocycles. The lowest BCUT2D eigenvalue weighted by Crippen LogP contribution is -2.20. The lowest BCUT2D eigenvalue weighted by atomic mass is 9.83. The summed E-state index contributed by atoms with van der Waals surface area (Å²) in [6.45, 7) is 8.84. The Morgan fingerprint density at radius 2 is 1.59 bits per heavy atom. The number of carbonyl (C=O) groups excluding carboxylic acids is 1. The predicted octanol–water partition coefficient (Wildman–Crippen LogP) is 3.39. The van der Waals surface area contributed by atoms with E-state index in [1.807, 2.05) is 27.7 Å². The number of ether oxygens (including phenoxy) is 1. The van der Waals surface area contributed by atoms with Crippen molar-refractivity contribution in [1.82, 2.24) is 0 Å². The molecule has 0 aromatic rings. The number of aliphatic carboxylic acids is 1. The van der Waals surface area contributed by atoms with Crippen LogP contribution in [0.5, 0.6) is 0 Å². The van der Waals surface area contributed by atoms with Crippen molar-refractivity contribution < 1.29 is 24.5 Å². The van der Waals surface area contributed by atoms with Gasteiger partial charge in [0.2, 0.25) is 0 Å². The highest BCUT2D eigenvalue weighted by Crippen LogP contribution is 2.28. The van der Waals surface area contributed by atoms with E-state index in [1.165, 1.54) is 0 Å². The molecule has 0 aliphatic rings. The van der Waals surface area contributed by atoms with Crippen molar-refractivity contribution in [1.29, 1.82) is 0 Å². The molecule has 0 rings (SSSR count). The number of aliphatic hydroxyl groups is 1. The van der Waals surface area contributed by atoms with Crippen LogP contribution < -0.4 is 0 Å². The van der Waals surface area contributed by atoms with E-state index in [0.29, 0.717) is 19.5 Å². The summed E-state index contributed by atoms with van der Waals surface area (Å²) in [6, 6.07) is 0. The SMILES string of the molecule is CC(C)(CCCC(O)CCCC(C)(C)CC(=O)O)COC=O.